The Hall–Kier alpha value is -1.33. The first-order chi connectivity index (χ1) is 9.56. The molecule has 2 aromatic carbocycles. The molecule has 1 atom stereocenters. The zero-order chi connectivity index (χ0) is 14.3. The van der Waals surface area contributed by atoms with E-state index in [1.165, 1.54) is 9.13 Å². The molecule has 102 valence electrons. The highest BCUT2D eigenvalue weighted by Gasteiger charge is 2.18. The van der Waals surface area contributed by atoms with E-state index in [0.717, 1.165) is 27.9 Å². The van der Waals surface area contributed by atoms with Gasteiger partial charge >= 0.3 is 0 Å². The normalized spacial score (nSPS) is 12.8. The number of rotatable bonds is 2. The van der Waals surface area contributed by atoms with Crippen molar-refractivity contribution in [1.29, 1.82) is 0 Å². The summed E-state index contributed by atoms with van der Waals surface area (Å²) in [5.41, 5.74) is 10.7. The molecule has 1 aromatic heterocycles. The van der Waals surface area contributed by atoms with Crippen LogP contribution in [0.1, 0.15) is 28.5 Å². The molecule has 0 spiro atoms. The molecule has 0 amide bonds. The minimum absolute atomic E-state index is 0.222. The van der Waals surface area contributed by atoms with Gasteiger partial charge in [0.1, 0.15) is 11.3 Å². The van der Waals surface area contributed by atoms with Gasteiger partial charge in [-0.05, 0) is 66.3 Å². The van der Waals surface area contributed by atoms with Gasteiger partial charge in [-0.2, -0.15) is 0 Å². The van der Waals surface area contributed by atoms with Crippen molar-refractivity contribution < 1.29 is 4.42 Å². The Kier molecular flexibility index (Phi) is 3.56. The molecular formula is C17H16INO. The molecular weight excluding hydrogens is 361 g/mol. The van der Waals surface area contributed by atoms with Crippen molar-refractivity contribution in [3.63, 3.8) is 0 Å². The Morgan fingerprint density at radius 1 is 1.05 bits per heavy atom. The molecule has 3 heteroatoms. The molecule has 0 aliphatic carbocycles. The van der Waals surface area contributed by atoms with E-state index in [0.29, 0.717) is 0 Å². The van der Waals surface area contributed by atoms with Gasteiger partial charge in [0.2, 0.25) is 0 Å². The minimum Gasteiger partial charge on any atom is -0.459 e. The second-order valence-electron chi connectivity index (χ2n) is 5.12. The molecule has 0 saturated carbocycles. The summed E-state index contributed by atoms with van der Waals surface area (Å²) >= 11 is 2.29. The van der Waals surface area contributed by atoms with Crippen molar-refractivity contribution in [3.05, 3.63) is 68.5 Å². The van der Waals surface area contributed by atoms with Crippen molar-refractivity contribution in [1.82, 2.24) is 0 Å². The van der Waals surface area contributed by atoms with Crippen LogP contribution < -0.4 is 5.73 Å². The molecule has 3 rings (SSSR count). The SMILES string of the molecule is Cc1ccc2oc(C(N)c3ccc(I)cc3)c(C)c2c1. The van der Waals surface area contributed by atoms with Gasteiger partial charge in [-0.15, -0.1) is 0 Å². The average Bonchev–Trinajstić information content (AvgIpc) is 2.76. The highest BCUT2D eigenvalue weighted by molar-refractivity contribution is 14.1. The molecule has 0 fully saturated rings. The molecule has 0 radical (unpaired) electrons. The van der Waals surface area contributed by atoms with Gasteiger partial charge in [0, 0.05) is 14.5 Å². The van der Waals surface area contributed by atoms with Crippen molar-refractivity contribution in [3.8, 4) is 0 Å². The summed E-state index contributed by atoms with van der Waals surface area (Å²) in [6.45, 7) is 4.16. The molecule has 0 aliphatic heterocycles. The quantitative estimate of drug-likeness (QED) is 0.658. The van der Waals surface area contributed by atoms with Crippen LogP contribution in [0.5, 0.6) is 0 Å². The van der Waals surface area contributed by atoms with Crippen LogP contribution in [-0.4, -0.2) is 0 Å². The first-order valence-electron chi connectivity index (χ1n) is 6.57. The number of hydrogen-bond donors (Lipinski definition) is 1. The van der Waals surface area contributed by atoms with Crippen LogP contribution in [-0.2, 0) is 0 Å². The fraction of sp³-hybridized carbons (Fsp3) is 0.176. The Balaban J connectivity index is 2.09. The fourth-order valence-electron chi connectivity index (χ4n) is 2.47. The van der Waals surface area contributed by atoms with Gasteiger partial charge in [-0.1, -0.05) is 23.8 Å². The highest BCUT2D eigenvalue weighted by atomic mass is 127. The van der Waals surface area contributed by atoms with E-state index in [9.17, 15) is 0 Å². The second-order valence-corrected chi connectivity index (χ2v) is 6.37. The van der Waals surface area contributed by atoms with Crippen LogP contribution in [0.25, 0.3) is 11.0 Å². The molecule has 0 aliphatic rings. The van der Waals surface area contributed by atoms with Gasteiger partial charge in [0.05, 0.1) is 6.04 Å². The molecule has 0 bridgehead atoms. The van der Waals surface area contributed by atoms with E-state index in [1.54, 1.807) is 0 Å². The minimum atomic E-state index is -0.222. The van der Waals surface area contributed by atoms with Gasteiger partial charge < -0.3 is 10.2 Å². The van der Waals surface area contributed by atoms with Gasteiger partial charge in [0.15, 0.2) is 0 Å². The Morgan fingerprint density at radius 2 is 1.75 bits per heavy atom. The van der Waals surface area contributed by atoms with Gasteiger partial charge in [-0.25, -0.2) is 0 Å². The summed E-state index contributed by atoms with van der Waals surface area (Å²) in [7, 11) is 0. The topological polar surface area (TPSA) is 39.2 Å². The summed E-state index contributed by atoms with van der Waals surface area (Å²) in [6.07, 6.45) is 0. The third-order valence-electron chi connectivity index (χ3n) is 3.64. The maximum absolute atomic E-state index is 6.37. The lowest BCUT2D eigenvalue weighted by Crippen LogP contribution is -2.11. The van der Waals surface area contributed by atoms with Crippen LogP contribution in [0.15, 0.2) is 46.9 Å². The number of furan rings is 1. The maximum atomic E-state index is 6.37. The largest absolute Gasteiger partial charge is 0.459 e. The Morgan fingerprint density at radius 3 is 2.45 bits per heavy atom. The standard InChI is InChI=1S/C17H16INO/c1-10-3-8-15-14(9-10)11(2)17(20-15)16(19)12-4-6-13(18)7-5-12/h3-9,16H,19H2,1-2H3. The zero-order valence-corrected chi connectivity index (χ0v) is 13.6. The maximum Gasteiger partial charge on any atom is 0.134 e. The fourth-order valence-corrected chi connectivity index (χ4v) is 2.83. The van der Waals surface area contributed by atoms with E-state index in [2.05, 4.69) is 72.8 Å². The van der Waals surface area contributed by atoms with Crippen molar-refractivity contribution in [2.75, 3.05) is 0 Å². The smallest absolute Gasteiger partial charge is 0.134 e. The van der Waals surface area contributed by atoms with E-state index in [1.807, 2.05) is 6.07 Å². The number of nitrogens with two attached hydrogens (primary N) is 1. The molecule has 2 nitrogen and oxygen atoms in total. The first-order valence-corrected chi connectivity index (χ1v) is 7.65. The predicted molar refractivity (Wildman–Crippen MR) is 90.9 cm³/mol. The summed E-state index contributed by atoms with van der Waals surface area (Å²) in [5, 5.41) is 1.15. The molecule has 2 N–H and O–H groups in total. The molecule has 0 saturated heterocycles. The molecule has 1 heterocycles. The van der Waals surface area contributed by atoms with Crippen LogP contribution in [0.3, 0.4) is 0 Å². The number of benzene rings is 2. The predicted octanol–water partition coefficient (Wildman–Crippen LogP) is 4.70. The second kappa shape index (κ2) is 5.22. The van der Waals surface area contributed by atoms with E-state index < -0.39 is 0 Å². The summed E-state index contributed by atoms with van der Waals surface area (Å²) in [5.74, 6) is 0.854. The lowest BCUT2D eigenvalue weighted by atomic mass is 10.0. The van der Waals surface area contributed by atoms with Crippen LogP contribution in [0, 0.1) is 17.4 Å². The van der Waals surface area contributed by atoms with Crippen molar-refractivity contribution in [2.24, 2.45) is 5.73 Å². The lowest BCUT2D eigenvalue weighted by Gasteiger charge is -2.10. The number of hydrogen-bond acceptors (Lipinski definition) is 2. The molecule has 3 aromatic rings. The first kappa shape index (κ1) is 13.6. The van der Waals surface area contributed by atoms with Crippen LogP contribution in [0.2, 0.25) is 0 Å². The summed E-state index contributed by atoms with van der Waals surface area (Å²) in [6, 6.07) is 14.3. The molecule has 1 unspecified atom stereocenters. The summed E-state index contributed by atoms with van der Waals surface area (Å²) < 4.78 is 7.18. The number of fused-ring (bicyclic) bond motifs is 1. The Labute approximate surface area is 132 Å². The van der Waals surface area contributed by atoms with Crippen molar-refractivity contribution in [2.45, 2.75) is 19.9 Å². The lowest BCUT2D eigenvalue weighted by molar-refractivity contribution is 0.521. The van der Waals surface area contributed by atoms with Crippen molar-refractivity contribution >= 4 is 33.6 Å². The monoisotopic (exact) mass is 377 g/mol. The number of aryl methyl sites for hydroxylation is 2. The van der Waals surface area contributed by atoms with Crippen LogP contribution >= 0.6 is 22.6 Å². The third-order valence-corrected chi connectivity index (χ3v) is 4.36. The highest BCUT2D eigenvalue weighted by Crippen LogP contribution is 2.32. The van der Waals surface area contributed by atoms with E-state index in [4.69, 9.17) is 10.2 Å². The Bertz CT molecular complexity index is 759. The number of halogens is 1. The van der Waals surface area contributed by atoms with Crippen LogP contribution in [0.4, 0.5) is 0 Å². The van der Waals surface area contributed by atoms with E-state index in [-0.39, 0.29) is 6.04 Å². The van der Waals surface area contributed by atoms with Gasteiger partial charge in [-0.3, -0.25) is 0 Å². The third kappa shape index (κ3) is 2.36. The molecule has 20 heavy (non-hydrogen) atoms. The zero-order valence-electron chi connectivity index (χ0n) is 11.5. The van der Waals surface area contributed by atoms with Gasteiger partial charge in [0.25, 0.3) is 0 Å². The average molecular weight is 377 g/mol. The van der Waals surface area contributed by atoms with E-state index >= 15 is 0 Å². The summed E-state index contributed by atoms with van der Waals surface area (Å²) in [4.78, 5) is 0.